The molecule has 2 aromatic rings. The number of nitrogens with zero attached hydrogens (tertiary/aromatic N) is 3. The zero-order valence-electron chi connectivity index (χ0n) is 14.5. The van der Waals surface area contributed by atoms with E-state index in [9.17, 15) is 9.18 Å². The number of anilines is 1. The van der Waals surface area contributed by atoms with E-state index in [-0.39, 0.29) is 17.8 Å². The molecule has 7 heteroatoms. The van der Waals surface area contributed by atoms with Gasteiger partial charge in [0.05, 0.1) is 12.6 Å². The number of rotatable bonds is 5. The van der Waals surface area contributed by atoms with Gasteiger partial charge in [0, 0.05) is 37.9 Å². The summed E-state index contributed by atoms with van der Waals surface area (Å²) < 4.78 is 18.0. The molecule has 0 radical (unpaired) electrons. The summed E-state index contributed by atoms with van der Waals surface area (Å²) in [6, 6.07) is 8.14. The highest BCUT2D eigenvalue weighted by Gasteiger charge is 2.25. The van der Waals surface area contributed by atoms with Crippen LogP contribution in [0, 0.1) is 12.7 Å². The number of aryl methyl sites for hydroxylation is 1. The molecule has 0 bridgehead atoms. The summed E-state index contributed by atoms with van der Waals surface area (Å²) in [5.74, 6) is 0.486. The van der Waals surface area contributed by atoms with Crippen LogP contribution in [-0.4, -0.2) is 48.2 Å². The lowest BCUT2D eigenvalue weighted by atomic mass is 10.2. The summed E-state index contributed by atoms with van der Waals surface area (Å²) in [6.07, 6.45) is 0. The summed E-state index contributed by atoms with van der Waals surface area (Å²) in [5, 5.41) is 6.77. The quantitative estimate of drug-likeness (QED) is 0.897. The van der Waals surface area contributed by atoms with Gasteiger partial charge in [0.1, 0.15) is 17.3 Å². The molecular formula is C18H23FN4O2. The molecule has 0 spiro atoms. The summed E-state index contributed by atoms with van der Waals surface area (Å²) in [7, 11) is 0. The number of amides is 1. The average molecular weight is 346 g/mol. The van der Waals surface area contributed by atoms with Gasteiger partial charge in [-0.15, -0.1) is 0 Å². The molecule has 1 N–H and O–H groups in total. The molecule has 6 nitrogen and oxygen atoms in total. The maximum Gasteiger partial charge on any atom is 0.237 e. The third-order valence-electron chi connectivity index (χ3n) is 4.55. The first-order chi connectivity index (χ1) is 12.0. The van der Waals surface area contributed by atoms with Crippen molar-refractivity contribution in [2.45, 2.75) is 26.4 Å². The van der Waals surface area contributed by atoms with Gasteiger partial charge >= 0.3 is 0 Å². The molecule has 0 saturated carbocycles. The van der Waals surface area contributed by atoms with E-state index in [2.05, 4.69) is 20.3 Å². The predicted octanol–water partition coefficient (Wildman–Crippen LogP) is 1.95. The van der Waals surface area contributed by atoms with Crippen LogP contribution in [0.25, 0.3) is 0 Å². The first kappa shape index (κ1) is 17.4. The van der Waals surface area contributed by atoms with Crippen molar-refractivity contribution in [3.63, 3.8) is 0 Å². The van der Waals surface area contributed by atoms with E-state index in [0.717, 1.165) is 43.3 Å². The number of nitrogens with one attached hydrogen (secondary N) is 1. The largest absolute Gasteiger partial charge is 0.369 e. The van der Waals surface area contributed by atoms with E-state index in [1.807, 2.05) is 19.9 Å². The maximum absolute atomic E-state index is 13.0. The monoisotopic (exact) mass is 346 g/mol. The molecular weight excluding hydrogens is 323 g/mol. The molecule has 1 aromatic heterocycles. The minimum Gasteiger partial charge on any atom is -0.369 e. The minimum atomic E-state index is -0.227. The molecule has 2 heterocycles. The predicted molar refractivity (Wildman–Crippen MR) is 92.7 cm³/mol. The number of carbonyl (C=O) groups excluding carboxylic acids is 1. The van der Waals surface area contributed by atoms with Crippen LogP contribution >= 0.6 is 0 Å². The lowest BCUT2D eigenvalue weighted by molar-refractivity contribution is -0.126. The molecule has 134 valence electrons. The highest BCUT2D eigenvalue weighted by Crippen LogP contribution is 2.17. The van der Waals surface area contributed by atoms with Gasteiger partial charge < -0.3 is 14.7 Å². The standard InChI is InChI=1S/C18H23FN4O2/c1-13-11-16(21-25-13)12-20-18(24)14(2)22-7-9-23(10-8-22)17-5-3-15(19)4-6-17/h3-6,11,14H,7-10,12H2,1-2H3,(H,20,24)/t14-/m1/s1. The van der Waals surface area contributed by atoms with Crippen LogP contribution in [0.15, 0.2) is 34.9 Å². The number of piperazine rings is 1. The summed E-state index contributed by atoms with van der Waals surface area (Å²) in [4.78, 5) is 16.7. The number of hydrogen-bond donors (Lipinski definition) is 1. The van der Waals surface area contributed by atoms with Crippen molar-refractivity contribution in [2.24, 2.45) is 0 Å². The van der Waals surface area contributed by atoms with Crippen molar-refractivity contribution >= 4 is 11.6 Å². The van der Waals surface area contributed by atoms with E-state index in [0.29, 0.717) is 6.54 Å². The molecule has 1 saturated heterocycles. The smallest absolute Gasteiger partial charge is 0.237 e. The first-order valence-electron chi connectivity index (χ1n) is 8.47. The van der Waals surface area contributed by atoms with Gasteiger partial charge in [-0.05, 0) is 38.1 Å². The SMILES string of the molecule is Cc1cc(CNC(=O)[C@@H](C)N2CCN(c3ccc(F)cc3)CC2)no1. The summed E-state index contributed by atoms with van der Waals surface area (Å²) in [5.41, 5.74) is 1.73. The van der Waals surface area contributed by atoms with Crippen molar-refractivity contribution in [1.82, 2.24) is 15.4 Å². The summed E-state index contributed by atoms with van der Waals surface area (Å²) >= 11 is 0. The minimum absolute atomic E-state index is 0.0177. The van der Waals surface area contributed by atoms with Crippen LogP contribution in [0.2, 0.25) is 0 Å². The Morgan fingerprint density at radius 2 is 1.96 bits per heavy atom. The third-order valence-corrected chi connectivity index (χ3v) is 4.55. The van der Waals surface area contributed by atoms with Crippen molar-refractivity contribution in [1.29, 1.82) is 0 Å². The molecule has 1 aliphatic heterocycles. The van der Waals surface area contributed by atoms with Gasteiger partial charge in [0.15, 0.2) is 0 Å². The van der Waals surface area contributed by atoms with Gasteiger partial charge in [0.25, 0.3) is 0 Å². The molecule has 1 aliphatic rings. The second kappa shape index (κ2) is 7.65. The van der Waals surface area contributed by atoms with Crippen molar-refractivity contribution in [2.75, 3.05) is 31.1 Å². The van der Waals surface area contributed by atoms with E-state index >= 15 is 0 Å². The lowest BCUT2D eigenvalue weighted by Crippen LogP contribution is -2.53. The van der Waals surface area contributed by atoms with Crippen LogP contribution in [-0.2, 0) is 11.3 Å². The van der Waals surface area contributed by atoms with Crippen LogP contribution in [0.5, 0.6) is 0 Å². The number of carbonyl (C=O) groups is 1. The van der Waals surface area contributed by atoms with Gasteiger partial charge in [-0.1, -0.05) is 5.16 Å². The number of benzene rings is 1. The lowest BCUT2D eigenvalue weighted by Gasteiger charge is -2.38. The highest BCUT2D eigenvalue weighted by atomic mass is 19.1. The van der Waals surface area contributed by atoms with Crippen molar-refractivity contribution < 1.29 is 13.7 Å². The number of aromatic nitrogens is 1. The van der Waals surface area contributed by atoms with Crippen LogP contribution in [0.3, 0.4) is 0 Å². The van der Waals surface area contributed by atoms with E-state index in [1.54, 1.807) is 12.1 Å². The zero-order chi connectivity index (χ0) is 17.8. The molecule has 1 atom stereocenters. The Morgan fingerprint density at radius 3 is 2.56 bits per heavy atom. The maximum atomic E-state index is 13.0. The third kappa shape index (κ3) is 4.36. The Bertz CT molecular complexity index is 708. The van der Waals surface area contributed by atoms with Crippen LogP contribution < -0.4 is 10.2 Å². The van der Waals surface area contributed by atoms with E-state index in [1.165, 1.54) is 12.1 Å². The Balaban J connectivity index is 1.48. The van der Waals surface area contributed by atoms with Crippen LogP contribution in [0.1, 0.15) is 18.4 Å². The topological polar surface area (TPSA) is 61.6 Å². The van der Waals surface area contributed by atoms with Crippen molar-refractivity contribution in [3.05, 3.63) is 47.6 Å². The Labute approximate surface area is 146 Å². The Kier molecular flexibility index (Phi) is 5.33. The second-order valence-electron chi connectivity index (χ2n) is 6.32. The molecule has 1 aromatic carbocycles. The fourth-order valence-electron chi connectivity index (χ4n) is 3.01. The molecule has 25 heavy (non-hydrogen) atoms. The second-order valence-corrected chi connectivity index (χ2v) is 6.32. The van der Waals surface area contributed by atoms with Gasteiger partial charge in [0.2, 0.25) is 5.91 Å². The Morgan fingerprint density at radius 1 is 1.28 bits per heavy atom. The van der Waals surface area contributed by atoms with Gasteiger partial charge in [-0.25, -0.2) is 4.39 Å². The molecule has 0 unspecified atom stereocenters. The average Bonchev–Trinajstić information content (AvgIpc) is 3.05. The van der Waals surface area contributed by atoms with Crippen molar-refractivity contribution in [3.8, 4) is 0 Å². The number of halogens is 1. The molecule has 0 aliphatic carbocycles. The molecule has 1 fully saturated rings. The van der Waals surface area contributed by atoms with E-state index in [4.69, 9.17) is 4.52 Å². The highest BCUT2D eigenvalue weighted by molar-refractivity contribution is 5.81. The zero-order valence-corrected chi connectivity index (χ0v) is 14.5. The fraction of sp³-hybridized carbons (Fsp3) is 0.444. The van der Waals surface area contributed by atoms with Crippen LogP contribution in [0.4, 0.5) is 10.1 Å². The summed E-state index contributed by atoms with van der Waals surface area (Å²) in [6.45, 7) is 7.30. The van der Waals surface area contributed by atoms with E-state index < -0.39 is 0 Å². The van der Waals surface area contributed by atoms with Gasteiger partial charge in [-0.3, -0.25) is 9.69 Å². The fourth-order valence-corrected chi connectivity index (χ4v) is 3.01. The van der Waals surface area contributed by atoms with Gasteiger partial charge in [-0.2, -0.15) is 0 Å². The normalized spacial score (nSPS) is 16.7. The molecule has 3 rings (SSSR count). The molecule has 1 amide bonds. The first-order valence-corrected chi connectivity index (χ1v) is 8.47. The Hall–Kier alpha value is -2.41. The number of hydrogen-bond acceptors (Lipinski definition) is 5.